The molecule has 0 aromatic heterocycles. The highest BCUT2D eigenvalue weighted by Crippen LogP contribution is 2.31. The zero-order valence-corrected chi connectivity index (χ0v) is 10.8. The SMILES string of the molecule is CCC(O)C1CCCCN1CC1(CO)COC1. The monoisotopic (exact) mass is 243 g/mol. The van der Waals surface area contributed by atoms with E-state index in [9.17, 15) is 10.2 Å². The fraction of sp³-hybridized carbons (Fsp3) is 1.00. The van der Waals surface area contributed by atoms with Crippen LogP contribution < -0.4 is 0 Å². The van der Waals surface area contributed by atoms with Crippen molar-refractivity contribution < 1.29 is 14.9 Å². The molecule has 2 fully saturated rings. The third-order valence-electron chi connectivity index (χ3n) is 4.22. The van der Waals surface area contributed by atoms with Gasteiger partial charge in [0.05, 0.1) is 31.3 Å². The number of aliphatic hydroxyl groups is 2. The molecule has 2 unspecified atom stereocenters. The van der Waals surface area contributed by atoms with Gasteiger partial charge in [-0.3, -0.25) is 4.90 Å². The summed E-state index contributed by atoms with van der Waals surface area (Å²) >= 11 is 0. The first-order valence-corrected chi connectivity index (χ1v) is 6.81. The Morgan fingerprint density at radius 1 is 1.41 bits per heavy atom. The molecule has 4 heteroatoms. The van der Waals surface area contributed by atoms with Crippen LogP contribution in [-0.2, 0) is 4.74 Å². The second-order valence-electron chi connectivity index (χ2n) is 5.66. The van der Waals surface area contributed by atoms with Crippen LogP contribution in [0.3, 0.4) is 0 Å². The van der Waals surface area contributed by atoms with Gasteiger partial charge in [0, 0.05) is 12.6 Å². The number of piperidine rings is 1. The van der Waals surface area contributed by atoms with Crippen molar-refractivity contribution >= 4 is 0 Å². The lowest BCUT2D eigenvalue weighted by molar-refractivity contribution is -0.157. The number of ether oxygens (including phenoxy) is 1. The molecule has 2 saturated heterocycles. The van der Waals surface area contributed by atoms with Gasteiger partial charge in [-0.1, -0.05) is 13.3 Å². The minimum atomic E-state index is -0.230. The maximum absolute atomic E-state index is 10.1. The molecule has 100 valence electrons. The minimum absolute atomic E-state index is 0.0664. The summed E-state index contributed by atoms with van der Waals surface area (Å²) in [5, 5.41) is 19.6. The van der Waals surface area contributed by atoms with Gasteiger partial charge in [-0.25, -0.2) is 0 Å². The molecule has 2 aliphatic rings. The van der Waals surface area contributed by atoms with Gasteiger partial charge in [-0.2, -0.15) is 0 Å². The van der Waals surface area contributed by atoms with E-state index in [4.69, 9.17) is 4.74 Å². The predicted molar refractivity (Wildman–Crippen MR) is 65.8 cm³/mol. The van der Waals surface area contributed by atoms with E-state index in [1.807, 2.05) is 6.92 Å². The third kappa shape index (κ3) is 2.81. The minimum Gasteiger partial charge on any atom is -0.396 e. The molecule has 2 N–H and O–H groups in total. The second-order valence-corrected chi connectivity index (χ2v) is 5.66. The van der Waals surface area contributed by atoms with Crippen molar-refractivity contribution in [3.05, 3.63) is 0 Å². The Bertz CT molecular complexity index is 237. The highest BCUT2D eigenvalue weighted by atomic mass is 16.5. The average molecular weight is 243 g/mol. The number of hydrogen-bond donors (Lipinski definition) is 2. The summed E-state index contributed by atoms with van der Waals surface area (Å²) in [6.07, 6.45) is 4.07. The average Bonchev–Trinajstić information content (AvgIpc) is 2.33. The molecule has 4 nitrogen and oxygen atoms in total. The van der Waals surface area contributed by atoms with E-state index >= 15 is 0 Å². The van der Waals surface area contributed by atoms with E-state index in [1.54, 1.807) is 0 Å². The Hall–Kier alpha value is -0.160. The first-order chi connectivity index (χ1) is 8.21. The molecule has 0 spiro atoms. The first-order valence-electron chi connectivity index (χ1n) is 6.81. The van der Waals surface area contributed by atoms with Gasteiger partial charge < -0.3 is 14.9 Å². The summed E-state index contributed by atoms with van der Waals surface area (Å²) < 4.78 is 5.24. The number of aliphatic hydroxyl groups excluding tert-OH is 2. The van der Waals surface area contributed by atoms with E-state index < -0.39 is 0 Å². The zero-order chi connectivity index (χ0) is 12.3. The van der Waals surface area contributed by atoms with Gasteiger partial charge in [0.1, 0.15) is 0 Å². The van der Waals surface area contributed by atoms with Crippen molar-refractivity contribution in [2.45, 2.75) is 44.8 Å². The van der Waals surface area contributed by atoms with Crippen LogP contribution in [0.2, 0.25) is 0 Å². The van der Waals surface area contributed by atoms with Crippen LogP contribution in [0.5, 0.6) is 0 Å². The maximum atomic E-state index is 10.1. The standard InChI is InChI=1S/C13H25NO3/c1-2-12(16)11-5-3-4-6-14(11)7-13(8-15)9-17-10-13/h11-12,15-16H,2-10H2,1H3. The summed E-state index contributed by atoms with van der Waals surface area (Å²) in [5.41, 5.74) is -0.0664. The molecule has 0 aromatic rings. The normalized spacial score (nSPS) is 30.9. The maximum Gasteiger partial charge on any atom is 0.0692 e. The Balaban J connectivity index is 1.96. The van der Waals surface area contributed by atoms with Crippen LogP contribution in [0.4, 0.5) is 0 Å². The number of hydrogen-bond acceptors (Lipinski definition) is 4. The zero-order valence-electron chi connectivity index (χ0n) is 10.8. The van der Waals surface area contributed by atoms with Crippen LogP contribution in [-0.4, -0.2) is 60.2 Å². The molecule has 2 atom stereocenters. The molecule has 0 bridgehead atoms. The topological polar surface area (TPSA) is 52.9 Å². The summed E-state index contributed by atoms with van der Waals surface area (Å²) in [6.45, 7) is 5.46. The van der Waals surface area contributed by atoms with Gasteiger partial charge in [-0.05, 0) is 25.8 Å². The first kappa shape index (κ1) is 13.3. The van der Waals surface area contributed by atoms with Gasteiger partial charge in [-0.15, -0.1) is 0 Å². The van der Waals surface area contributed by atoms with Crippen LogP contribution >= 0.6 is 0 Å². The lowest BCUT2D eigenvalue weighted by atomic mass is 9.84. The van der Waals surface area contributed by atoms with Gasteiger partial charge in [0.15, 0.2) is 0 Å². The molecule has 17 heavy (non-hydrogen) atoms. The van der Waals surface area contributed by atoms with Crippen molar-refractivity contribution in [3.8, 4) is 0 Å². The van der Waals surface area contributed by atoms with E-state index in [0.29, 0.717) is 13.2 Å². The lowest BCUT2D eigenvalue weighted by Gasteiger charge is -2.47. The molecule has 2 aliphatic heterocycles. The van der Waals surface area contributed by atoms with Crippen molar-refractivity contribution in [2.75, 3.05) is 32.9 Å². The molecular weight excluding hydrogens is 218 g/mol. The van der Waals surface area contributed by atoms with Gasteiger partial charge in [0.25, 0.3) is 0 Å². The smallest absolute Gasteiger partial charge is 0.0692 e. The van der Waals surface area contributed by atoms with Crippen LogP contribution in [0.1, 0.15) is 32.6 Å². The lowest BCUT2D eigenvalue weighted by Crippen LogP contribution is -2.58. The molecule has 0 radical (unpaired) electrons. The predicted octanol–water partition coefficient (Wildman–Crippen LogP) is 0.621. The van der Waals surface area contributed by atoms with Gasteiger partial charge in [0.2, 0.25) is 0 Å². The summed E-state index contributed by atoms with van der Waals surface area (Å²) in [4.78, 5) is 2.37. The van der Waals surface area contributed by atoms with Crippen LogP contribution in [0.15, 0.2) is 0 Å². The molecule has 0 amide bonds. The Morgan fingerprint density at radius 3 is 2.71 bits per heavy atom. The van der Waals surface area contributed by atoms with Gasteiger partial charge >= 0.3 is 0 Å². The van der Waals surface area contributed by atoms with Crippen molar-refractivity contribution in [3.63, 3.8) is 0 Å². The summed E-state index contributed by atoms with van der Waals surface area (Å²) in [5.74, 6) is 0. The Kier molecular flexibility index (Phi) is 4.42. The number of nitrogens with zero attached hydrogens (tertiary/aromatic N) is 1. The van der Waals surface area contributed by atoms with Crippen LogP contribution in [0, 0.1) is 5.41 Å². The van der Waals surface area contributed by atoms with Crippen LogP contribution in [0.25, 0.3) is 0 Å². The molecule has 0 aliphatic carbocycles. The fourth-order valence-electron chi connectivity index (χ4n) is 2.98. The second kappa shape index (κ2) is 5.65. The summed E-state index contributed by atoms with van der Waals surface area (Å²) in [6, 6.07) is 0.276. The van der Waals surface area contributed by atoms with Crippen molar-refractivity contribution in [2.24, 2.45) is 5.41 Å². The third-order valence-corrected chi connectivity index (χ3v) is 4.22. The molecular formula is C13H25NO3. The Labute approximate surface area is 104 Å². The number of rotatable bonds is 5. The van der Waals surface area contributed by atoms with E-state index in [-0.39, 0.29) is 24.2 Å². The summed E-state index contributed by atoms with van der Waals surface area (Å²) in [7, 11) is 0. The Morgan fingerprint density at radius 2 is 2.18 bits per heavy atom. The number of likely N-dealkylation sites (tertiary alicyclic amines) is 1. The molecule has 2 rings (SSSR count). The highest BCUT2D eigenvalue weighted by Gasteiger charge is 2.42. The van der Waals surface area contributed by atoms with E-state index in [0.717, 1.165) is 25.9 Å². The molecule has 0 aromatic carbocycles. The fourth-order valence-corrected chi connectivity index (χ4v) is 2.98. The largest absolute Gasteiger partial charge is 0.396 e. The quantitative estimate of drug-likeness (QED) is 0.743. The molecule has 2 heterocycles. The molecule has 0 saturated carbocycles. The highest BCUT2D eigenvalue weighted by molar-refractivity contribution is 4.92. The van der Waals surface area contributed by atoms with E-state index in [1.165, 1.54) is 12.8 Å². The van der Waals surface area contributed by atoms with E-state index in [2.05, 4.69) is 4.90 Å². The van der Waals surface area contributed by atoms with Crippen molar-refractivity contribution in [1.82, 2.24) is 4.90 Å². The van der Waals surface area contributed by atoms with Crippen molar-refractivity contribution in [1.29, 1.82) is 0 Å².